The third-order valence-corrected chi connectivity index (χ3v) is 4.54. The molecule has 0 aliphatic carbocycles. The summed E-state index contributed by atoms with van der Waals surface area (Å²) in [5, 5.41) is 2.49. The number of rotatable bonds is 6. The van der Waals surface area contributed by atoms with E-state index in [4.69, 9.17) is 9.47 Å². The van der Waals surface area contributed by atoms with E-state index in [1.54, 1.807) is 11.9 Å². The van der Waals surface area contributed by atoms with E-state index in [1.165, 1.54) is 11.1 Å². The molecule has 1 N–H and O–H groups in total. The monoisotopic (exact) mass is 368 g/mol. The summed E-state index contributed by atoms with van der Waals surface area (Å²) < 4.78 is 10.9. The van der Waals surface area contributed by atoms with E-state index in [1.807, 2.05) is 42.5 Å². The summed E-state index contributed by atoms with van der Waals surface area (Å²) in [5.41, 5.74) is 3.36. The Kier molecular flexibility index (Phi) is 6.44. The Balaban J connectivity index is 1.38. The van der Waals surface area contributed by atoms with Gasteiger partial charge in [0.25, 0.3) is 0 Å². The van der Waals surface area contributed by atoms with E-state index in [-0.39, 0.29) is 25.2 Å². The Hall–Kier alpha value is -2.86. The molecule has 6 nitrogen and oxygen atoms in total. The minimum Gasteiger partial charge on any atom is -0.445 e. The first-order chi connectivity index (χ1) is 13.1. The number of carbonyl (C=O) groups is 2. The SMILES string of the molecule is CN(CC1Cc2ccccc2CO1)C(=O)CNC(=O)OCc1ccccc1. The number of carbonyl (C=O) groups excluding carboxylic acids is 2. The molecule has 27 heavy (non-hydrogen) atoms. The standard InChI is InChI=1S/C21H24N2O4/c1-23(13-19-11-17-9-5-6-10-18(17)15-26-19)20(24)12-22-21(25)27-14-16-7-3-2-4-8-16/h2-10,19H,11-15H2,1H3,(H,22,25). The average molecular weight is 368 g/mol. The van der Waals surface area contributed by atoms with Gasteiger partial charge in [-0.05, 0) is 16.7 Å². The molecule has 1 unspecified atom stereocenters. The summed E-state index contributed by atoms with van der Waals surface area (Å²) in [6.45, 7) is 1.11. The molecule has 1 aliphatic rings. The molecule has 0 aromatic heterocycles. The second-order valence-electron chi connectivity index (χ2n) is 6.60. The zero-order valence-corrected chi connectivity index (χ0v) is 15.4. The van der Waals surface area contributed by atoms with E-state index in [0.717, 1.165) is 12.0 Å². The zero-order valence-electron chi connectivity index (χ0n) is 15.4. The van der Waals surface area contributed by atoms with Crippen molar-refractivity contribution in [1.29, 1.82) is 0 Å². The number of amides is 2. The Bertz CT molecular complexity index is 779. The number of hydrogen-bond acceptors (Lipinski definition) is 4. The molecule has 0 radical (unpaired) electrons. The summed E-state index contributed by atoms with van der Waals surface area (Å²) in [4.78, 5) is 25.6. The quantitative estimate of drug-likeness (QED) is 0.851. The van der Waals surface area contributed by atoms with Crippen molar-refractivity contribution in [3.05, 3.63) is 71.3 Å². The molecule has 6 heteroatoms. The summed E-state index contributed by atoms with van der Waals surface area (Å²) in [6.07, 6.45) is 0.127. The van der Waals surface area contributed by atoms with Crippen molar-refractivity contribution in [2.24, 2.45) is 0 Å². The van der Waals surface area contributed by atoms with Crippen molar-refractivity contribution in [3.63, 3.8) is 0 Å². The number of ether oxygens (including phenoxy) is 2. The number of fused-ring (bicyclic) bond motifs is 1. The molecule has 0 fully saturated rings. The number of benzene rings is 2. The van der Waals surface area contributed by atoms with Crippen LogP contribution in [0.4, 0.5) is 4.79 Å². The Morgan fingerprint density at radius 2 is 1.81 bits per heavy atom. The minimum atomic E-state index is -0.608. The molecule has 0 saturated carbocycles. The van der Waals surface area contributed by atoms with E-state index >= 15 is 0 Å². The predicted molar refractivity (Wildman–Crippen MR) is 101 cm³/mol. The van der Waals surface area contributed by atoms with Gasteiger partial charge in [0, 0.05) is 20.0 Å². The van der Waals surface area contributed by atoms with Gasteiger partial charge < -0.3 is 19.7 Å². The van der Waals surface area contributed by atoms with Crippen LogP contribution in [0.1, 0.15) is 16.7 Å². The fourth-order valence-corrected chi connectivity index (χ4v) is 2.99. The first kappa shape index (κ1) is 18.9. The summed E-state index contributed by atoms with van der Waals surface area (Å²) in [7, 11) is 1.71. The van der Waals surface area contributed by atoms with Gasteiger partial charge in [-0.15, -0.1) is 0 Å². The van der Waals surface area contributed by atoms with Crippen molar-refractivity contribution in [2.45, 2.75) is 25.7 Å². The number of nitrogens with one attached hydrogen (secondary N) is 1. The summed E-state index contributed by atoms with van der Waals surface area (Å²) in [6, 6.07) is 17.6. The van der Waals surface area contributed by atoms with Crippen molar-refractivity contribution in [3.8, 4) is 0 Å². The number of hydrogen-bond donors (Lipinski definition) is 1. The van der Waals surface area contributed by atoms with Crippen LogP contribution in [0.25, 0.3) is 0 Å². The van der Waals surface area contributed by atoms with Gasteiger partial charge in [0.05, 0.1) is 12.7 Å². The number of likely N-dealkylation sites (N-methyl/N-ethyl adjacent to an activating group) is 1. The molecule has 142 valence electrons. The van der Waals surface area contributed by atoms with Crippen molar-refractivity contribution < 1.29 is 19.1 Å². The van der Waals surface area contributed by atoms with Crippen molar-refractivity contribution in [1.82, 2.24) is 10.2 Å². The molecule has 1 atom stereocenters. The maximum Gasteiger partial charge on any atom is 0.407 e. The maximum atomic E-state index is 12.2. The fraction of sp³-hybridized carbons (Fsp3) is 0.333. The van der Waals surface area contributed by atoms with Crippen LogP contribution in [0.5, 0.6) is 0 Å². The zero-order chi connectivity index (χ0) is 19.1. The molecule has 0 spiro atoms. The van der Waals surface area contributed by atoms with Crippen LogP contribution in [-0.2, 0) is 33.9 Å². The molecule has 3 rings (SSSR count). The van der Waals surface area contributed by atoms with Crippen molar-refractivity contribution in [2.75, 3.05) is 20.1 Å². The lowest BCUT2D eigenvalue weighted by molar-refractivity contribution is -0.131. The van der Waals surface area contributed by atoms with Crippen LogP contribution in [0.15, 0.2) is 54.6 Å². The van der Waals surface area contributed by atoms with Crippen LogP contribution >= 0.6 is 0 Å². The van der Waals surface area contributed by atoms with Gasteiger partial charge in [-0.1, -0.05) is 54.6 Å². The molecule has 2 aromatic carbocycles. The van der Waals surface area contributed by atoms with E-state index in [2.05, 4.69) is 17.4 Å². The molecule has 0 bridgehead atoms. The van der Waals surface area contributed by atoms with Crippen molar-refractivity contribution >= 4 is 12.0 Å². The van der Waals surface area contributed by atoms with Gasteiger partial charge in [0.2, 0.25) is 5.91 Å². The molecule has 1 aliphatic heterocycles. The number of alkyl carbamates (subject to hydrolysis) is 1. The van der Waals surface area contributed by atoms with Gasteiger partial charge in [-0.2, -0.15) is 0 Å². The lowest BCUT2D eigenvalue weighted by Gasteiger charge is -2.29. The van der Waals surface area contributed by atoms with Crippen LogP contribution in [-0.4, -0.2) is 43.1 Å². The van der Waals surface area contributed by atoms with Crippen LogP contribution in [0.2, 0.25) is 0 Å². The molecule has 0 saturated heterocycles. The highest BCUT2D eigenvalue weighted by Gasteiger charge is 2.22. The van der Waals surface area contributed by atoms with Crippen LogP contribution in [0.3, 0.4) is 0 Å². The van der Waals surface area contributed by atoms with Gasteiger partial charge in [0.15, 0.2) is 0 Å². The largest absolute Gasteiger partial charge is 0.445 e. The van der Waals surface area contributed by atoms with Gasteiger partial charge in [-0.25, -0.2) is 4.79 Å². The Morgan fingerprint density at radius 3 is 2.59 bits per heavy atom. The van der Waals surface area contributed by atoms with E-state index < -0.39 is 6.09 Å². The fourth-order valence-electron chi connectivity index (χ4n) is 2.99. The van der Waals surface area contributed by atoms with E-state index in [0.29, 0.717) is 13.2 Å². The predicted octanol–water partition coefficient (Wildman–Crippen LogP) is 2.51. The first-order valence-corrected chi connectivity index (χ1v) is 8.98. The lowest BCUT2D eigenvalue weighted by Crippen LogP contribution is -2.43. The van der Waals surface area contributed by atoms with Gasteiger partial charge in [0.1, 0.15) is 13.2 Å². The molecule has 1 heterocycles. The molecular formula is C21H24N2O4. The maximum absolute atomic E-state index is 12.2. The lowest BCUT2D eigenvalue weighted by atomic mass is 9.99. The summed E-state index contributed by atoms with van der Waals surface area (Å²) >= 11 is 0. The molecule has 2 aromatic rings. The smallest absolute Gasteiger partial charge is 0.407 e. The van der Waals surface area contributed by atoms with Crippen LogP contribution < -0.4 is 5.32 Å². The topological polar surface area (TPSA) is 67.9 Å². The van der Waals surface area contributed by atoms with E-state index in [9.17, 15) is 9.59 Å². The van der Waals surface area contributed by atoms with Crippen LogP contribution in [0, 0.1) is 0 Å². The Morgan fingerprint density at radius 1 is 1.11 bits per heavy atom. The average Bonchev–Trinajstić information content (AvgIpc) is 2.71. The normalized spacial score (nSPS) is 15.5. The highest BCUT2D eigenvalue weighted by atomic mass is 16.5. The third-order valence-electron chi connectivity index (χ3n) is 4.54. The van der Waals surface area contributed by atoms with Gasteiger partial charge in [-0.3, -0.25) is 4.79 Å². The second kappa shape index (κ2) is 9.19. The summed E-state index contributed by atoms with van der Waals surface area (Å²) in [5.74, 6) is -0.186. The third kappa shape index (κ3) is 5.56. The van der Waals surface area contributed by atoms with Gasteiger partial charge >= 0.3 is 6.09 Å². The number of nitrogens with zero attached hydrogens (tertiary/aromatic N) is 1. The second-order valence-corrected chi connectivity index (χ2v) is 6.60. The Labute approximate surface area is 159 Å². The molecular weight excluding hydrogens is 344 g/mol. The first-order valence-electron chi connectivity index (χ1n) is 8.98. The minimum absolute atomic E-state index is 0.0427. The highest BCUT2D eigenvalue weighted by Crippen LogP contribution is 2.20. The highest BCUT2D eigenvalue weighted by molar-refractivity contribution is 5.82. The molecule has 2 amide bonds.